The van der Waals surface area contributed by atoms with Crippen molar-refractivity contribution in [3.63, 3.8) is 0 Å². The second kappa shape index (κ2) is 7.06. The molecule has 8 heteroatoms. The number of carbonyl (C=O) groups is 1. The zero-order valence-electron chi connectivity index (χ0n) is 13.6. The molecular weight excluding hydrogens is 308 g/mol. The molecule has 1 saturated heterocycles. The Morgan fingerprint density at radius 1 is 1.38 bits per heavy atom. The van der Waals surface area contributed by atoms with Crippen LogP contribution >= 0.6 is 0 Å². The van der Waals surface area contributed by atoms with E-state index in [1.807, 2.05) is 6.07 Å². The molecule has 0 radical (unpaired) electrons. The number of pyridine rings is 1. The van der Waals surface area contributed by atoms with Crippen molar-refractivity contribution in [1.29, 1.82) is 0 Å². The number of piperidine rings is 1. The minimum atomic E-state index is -0.886. The molecule has 1 fully saturated rings. The van der Waals surface area contributed by atoms with Crippen molar-refractivity contribution in [3.05, 3.63) is 24.7 Å². The van der Waals surface area contributed by atoms with Crippen LogP contribution in [0.1, 0.15) is 13.3 Å². The number of hydrogen-bond donors (Lipinski definition) is 3. The molecule has 3 rings (SSSR count). The number of hydrogen-bond acceptors (Lipinski definition) is 7. The van der Waals surface area contributed by atoms with Gasteiger partial charge in [0.1, 0.15) is 11.6 Å². The van der Waals surface area contributed by atoms with Crippen LogP contribution in [0.5, 0.6) is 0 Å². The minimum absolute atomic E-state index is 0.0289. The predicted octanol–water partition coefficient (Wildman–Crippen LogP) is -0.325. The molecule has 4 N–H and O–H groups in total. The number of fused-ring (bicyclic) bond motifs is 1. The highest BCUT2D eigenvalue weighted by Gasteiger charge is 2.28. The fourth-order valence-electron chi connectivity index (χ4n) is 3.16. The molecule has 1 aliphatic heterocycles. The summed E-state index contributed by atoms with van der Waals surface area (Å²) in [5.74, 6) is 0.0743. The van der Waals surface area contributed by atoms with Crippen molar-refractivity contribution in [3.8, 4) is 0 Å². The summed E-state index contributed by atoms with van der Waals surface area (Å²) < 4.78 is 0. The van der Waals surface area contributed by atoms with Crippen molar-refractivity contribution in [1.82, 2.24) is 20.3 Å². The Bertz CT molecular complexity index is 719. The van der Waals surface area contributed by atoms with E-state index in [1.165, 1.54) is 0 Å². The molecule has 3 atom stereocenters. The Morgan fingerprint density at radius 2 is 2.12 bits per heavy atom. The monoisotopic (exact) mass is 330 g/mol. The number of nitrogens with one attached hydrogen (secondary N) is 1. The van der Waals surface area contributed by atoms with E-state index in [9.17, 15) is 4.79 Å². The van der Waals surface area contributed by atoms with Gasteiger partial charge in [0.05, 0.1) is 12.3 Å². The molecule has 1 amide bonds. The van der Waals surface area contributed by atoms with Gasteiger partial charge in [0, 0.05) is 37.7 Å². The summed E-state index contributed by atoms with van der Waals surface area (Å²) in [4.78, 5) is 27.0. The average Bonchev–Trinajstić information content (AvgIpc) is 2.60. The number of carbonyl (C=O) groups excluding carboxylic acids is 1. The molecule has 0 saturated carbocycles. The number of amides is 1. The Kier molecular flexibility index (Phi) is 4.86. The second-order valence-electron chi connectivity index (χ2n) is 6.30. The molecule has 0 aromatic carbocycles. The van der Waals surface area contributed by atoms with Crippen molar-refractivity contribution in [2.24, 2.45) is 11.7 Å². The van der Waals surface area contributed by atoms with Gasteiger partial charge in [-0.2, -0.15) is 0 Å². The Morgan fingerprint density at radius 3 is 2.92 bits per heavy atom. The fourth-order valence-corrected chi connectivity index (χ4v) is 3.16. The minimum Gasteiger partial charge on any atom is -0.394 e. The lowest BCUT2D eigenvalue weighted by molar-refractivity contribution is -0.124. The number of anilines is 1. The molecule has 2 aromatic rings. The molecule has 0 spiro atoms. The topological polar surface area (TPSA) is 117 Å². The number of nitrogens with zero attached hydrogens (tertiary/aromatic N) is 4. The highest BCUT2D eigenvalue weighted by Crippen LogP contribution is 2.27. The lowest BCUT2D eigenvalue weighted by Gasteiger charge is -2.38. The van der Waals surface area contributed by atoms with Crippen LogP contribution in [-0.4, -0.2) is 57.7 Å². The highest BCUT2D eigenvalue weighted by atomic mass is 16.3. The Balaban J connectivity index is 1.81. The van der Waals surface area contributed by atoms with Gasteiger partial charge in [-0.05, 0) is 18.4 Å². The maximum atomic E-state index is 12.0. The summed E-state index contributed by atoms with van der Waals surface area (Å²) in [7, 11) is 0. The van der Waals surface area contributed by atoms with E-state index in [1.54, 1.807) is 18.6 Å². The van der Waals surface area contributed by atoms with Gasteiger partial charge in [0.25, 0.3) is 0 Å². The standard InChI is InChI=1S/C16H22N6O2/c1-10-6-11(21-16(24)12(17)9-23)8-22(7-10)13-2-3-19-15-14(13)18-4-5-20-15/h2-5,10-12,23H,6-9,17H2,1H3,(H,21,24)/t10-,11+,12+/m0/s1. The largest absolute Gasteiger partial charge is 0.394 e. The summed E-state index contributed by atoms with van der Waals surface area (Å²) in [6.07, 6.45) is 5.87. The number of nitrogens with two attached hydrogens (primary N) is 1. The Hall–Kier alpha value is -2.32. The van der Waals surface area contributed by atoms with E-state index in [-0.39, 0.29) is 18.6 Å². The zero-order chi connectivity index (χ0) is 17.1. The number of rotatable bonds is 4. The summed E-state index contributed by atoms with van der Waals surface area (Å²) in [5.41, 5.74) is 7.91. The van der Waals surface area contributed by atoms with Crippen molar-refractivity contribution in [2.75, 3.05) is 24.6 Å². The molecular formula is C16H22N6O2. The van der Waals surface area contributed by atoms with Gasteiger partial charge in [0.15, 0.2) is 5.65 Å². The number of aliphatic hydroxyl groups is 1. The van der Waals surface area contributed by atoms with Crippen LogP contribution < -0.4 is 16.0 Å². The van der Waals surface area contributed by atoms with E-state index in [0.29, 0.717) is 18.1 Å². The van der Waals surface area contributed by atoms with Gasteiger partial charge < -0.3 is 21.1 Å². The van der Waals surface area contributed by atoms with Crippen molar-refractivity contribution >= 4 is 22.8 Å². The average molecular weight is 330 g/mol. The first kappa shape index (κ1) is 16.5. The first-order valence-electron chi connectivity index (χ1n) is 8.06. The molecule has 24 heavy (non-hydrogen) atoms. The third-order valence-electron chi connectivity index (χ3n) is 4.23. The lowest BCUT2D eigenvalue weighted by Crippen LogP contribution is -2.54. The van der Waals surface area contributed by atoms with Gasteiger partial charge in [-0.25, -0.2) is 15.0 Å². The molecule has 0 bridgehead atoms. The SMILES string of the molecule is C[C@H]1C[C@@H](NC(=O)[C@H](N)CO)CN(c2ccnc3nccnc23)C1. The number of aliphatic hydroxyl groups excluding tert-OH is 1. The molecule has 2 aromatic heterocycles. The molecule has 3 heterocycles. The lowest BCUT2D eigenvalue weighted by atomic mass is 9.95. The van der Waals surface area contributed by atoms with Crippen LogP contribution in [0.15, 0.2) is 24.7 Å². The highest BCUT2D eigenvalue weighted by molar-refractivity contribution is 5.85. The van der Waals surface area contributed by atoms with Crippen LogP contribution in [0.4, 0.5) is 5.69 Å². The number of aromatic nitrogens is 3. The smallest absolute Gasteiger partial charge is 0.239 e. The second-order valence-corrected chi connectivity index (χ2v) is 6.30. The predicted molar refractivity (Wildman–Crippen MR) is 90.3 cm³/mol. The maximum Gasteiger partial charge on any atom is 0.239 e. The van der Waals surface area contributed by atoms with Crippen LogP contribution in [0.25, 0.3) is 11.2 Å². The van der Waals surface area contributed by atoms with Gasteiger partial charge in [0.2, 0.25) is 5.91 Å². The first-order chi connectivity index (χ1) is 11.6. The van der Waals surface area contributed by atoms with E-state index < -0.39 is 6.04 Å². The quantitative estimate of drug-likeness (QED) is 0.703. The maximum absolute atomic E-state index is 12.0. The van der Waals surface area contributed by atoms with Crippen LogP contribution in [0.2, 0.25) is 0 Å². The van der Waals surface area contributed by atoms with Crippen molar-refractivity contribution in [2.45, 2.75) is 25.4 Å². The van der Waals surface area contributed by atoms with Gasteiger partial charge in [-0.1, -0.05) is 6.92 Å². The third kappa shape index (κ3) is 3.44. The van der Waals surface area contributed by atoms with Crippen LogP contribution in [-0.2, 0) is 4.79 Å². The van der Waals surface area contributed by atoms with E-state index in [0.717, 1.165) is 24.2 Å². The van der Waals surface area contributed by atoms with Gasteiger partial charge in [-0.3, -0.25) is 4.79 Å². The van der Waals surface area contributed by atoms with Crippen LogP contribution in [0.3, 0.4) is 0 Å². The van der Waals surface area contributed by atoms with E-state index in [2.05, 4.69) is 32.1 Å². The zero-order valence-corrected chi connectivity index (χ0v) is 13.6. The van der Waals surface area contributed by atoms with Gasteiger partial charge in [-0.15, -0.1) is 0 Å². The summed E-state index contributed by atoms with van der Waals surface area (Å²) in [6, 6.07) is 1.01. The Labute approximate surface area is 140 Å². The van der Waals surface area contributed by atoms with E-state index in [4.69, 9.17) is 10.8 Å². The molecule has 0 unspecified atom stereocenters. The third-order valence-corrected chi connectivity index (χ3v) is 4.23. The van der Waals surface area contributed by atoms with Crippen molar-refractivity contribution < 1.29 is 9.90 Å². The first-order valence-corrected chi connectivity index (χ1v) is 8.06. The summed E-state index contributed by atoms with van der Waals surface area (Å²) >= 11 is 0. The summed E-state index contributed by atoms with van der Waals surface area (Å²) in [6.45, 7) is 3.31. The van der Waals surface area contributed by atoms with Crippen LogP contribution in [0, 0.1) is 5.92 Å². The molecule has 128 valence electrons. The molecule has 8 nitrogen and oxygen atoms in total. The molecule has 0 aliphatic carbocycles. The molecule has 1 aliphatic rings. The van der Waals surface area contributed by atoms with Gasteiger partial charge >= 0.3 is 0 Å². The summed E-state index contributed by atoms with van der Waals surface area (Å²) in [5, 5.41) is 11.9. The fraction of sp³-hybridized carbons (Fsp3) is 0.500. The van der Waals surface area contributed by atoms with E-state index >= 15 is 0 Å². The normalized spacial score (nSPS) is 22.4.